The number of hydrogen-bond acceptors (Lipinski definition) is 3. The molecule has 0 aliphatic heterocycles. The number of hydrogen-bond donors (Lipinski definition) is 1. The van der Waals surface area contributed by atoms with Crippen LogP contribution in [0, 0.1) is 5.82 Å². The molecule has 1 N–H and O–H groups in total. The van der Waals surface area contributed by atoms with E-state index < -0.39 is 0 Å². The Morgan fingerprint density at radius 3 is 2.52 bits per heavy atom. The summed E-state index contributed by atoms with van der Waals surface area (Å²) in [6.07, 6.45) is 1.49. The van der Waals surface area contributed by atoms with Crippen molar-refractivity contribution in [3.63, 3.8) is 0 Å². The Morgan fingerprint density at radius 2 is 1.72 bits per heavy atom. The van der Waals surface area contributed by atoms with Crippen LogP contribution >= 0.6 is 11.6 Å². The van der Waals surface area contributed by atoms with E-state index in [4.69, 9.17) is 11.6 Å². The fourth-order valence-corrected chi connectivity index (χ4v) is 3.12. The topological polar surface area (TPSA) is 54.4 Å². The highest BCUT2D eigenvalue weighted by atomic mass is 35.5. The summed E-state index contributed by atoms with van der Waals surface area (Å²) in [6.45, 7) is 0. The van der Waals surface area contributed by atoms with Crippen LogP contribution in [-0.2, 0) is 0 Å². The van der Waals surface area contributed by atoms with E-state index in [1.54, 1.807) is 30.3 Å². The SMILES string of the molecule is O=C(NN=Cc1ccccc1Cl)c1cc(-c2ccc(F)cc2)nc2ccccc12. The van der Waals surface area contributed by atoms with E-state index in [9.17, 15) is 9.18 Å². The minimum absolute atomic E-state index is 0.332. The Kier molecular flexibility index (Phi) is 5.31. The number of pyridine rings is 1. The number of carbonyl (C=O) groups excluding carboxylic acids is 1. The van der Waals surface area contributed by atoms with Gasteiger partial charge in [-0.05, 0) is 42.5 Å². The molecule has 0 aliphatic rings. The zero-order chi connectivity index (χ0) is 20.2. The number of halogens is 2. The molecule has 4 rings (SSSR count). The van der Waals surface area contributed by atoms with Crippen LogP contribution in [0.4, 0.5) is 4.39 Å². The normalized spacial score (nSPS) is 11.1. The molecule has 0 atom stereocenters. The number of hydrazone groups is 1. The second-order valence-corrected chi connectivity index (χ2v) is 6.71. The largest absolute Gasteiger partial charge is 0.272 e. The standard InChI is InChI=1S/C23H15ClFN3O/c24-20-7-3-1-5-16(20)14-26-28-23(29)19-13-22(15-9-11-17(25)12-10-15)27-21-8-4-2-6-18(19)21/h1-14H,(H,28,29). The lowest BCUT2D eigenvalue weighted by Gasteiger charge is -2.09. The molecule has 6 heteroatoms. The molecule has 29 heavy (non-hydrogen) atoms. The maximum atomic E-state index is 13.3. The second kappa shape index (κ2) is 8.20. The van der Waals surface area contributed by atoms with Crippen LogP contribution in [-0.4, -0.2) is 17.1 Å². The van der Waals surface area contributed by atoms with E-state index >= 15 is 0 Å². The average Bonchev–Trinajstić information content (AvgIpc) is 2.74. The quantitative estimate of drug-likeness (QED) is 0.363. The highest BCUT2D eigenvalue weighted by Crippen LogP contribution is 2.25. The van der Waals surface area contributed by atoms with Gasteiger partial charge in [0.2, 0.25) is 0 Å². The molecule has 0 unspecified atom stereocenters. The van der Waals surface area contributed by atoms with Crippen molar-refractivity contribution in [3.05, 3.63) is 101 Å². The van der Waals surface area contributed by atoms with Gasteiger partial charge in [0.25, 0.3) is 5.91 Å². The molecule has 1 amide bonds. The van der Waals surface area contributed by atoms with E-state index in [1.807, 2.05) is 36.4 Å². The number of fused-ring (bicyclic) bond motifs is 1. The smallest absolute Gasteiger partial charge is 0.267 e. The lowest BCUT2D eigenvalue weighted by atomic mass is 10.0. The van der Waals surface area contributed by atoms with Gasteiger partial charge in [-0.2, -0.15) is 5.10 Å². The number of nitrogens with one attached hydrogen (secondary N) is 1. The van der Waals surface area contributed by atoms with E-state index in [1.165, 1.54) is 18.3 Å². The fourth-order valence-electron chi connectivity index (χ4n) is 2.93. The monoisotopic (exact) mass is 403 g/mol. The molecule has 0 radical (unpaired) electrons. The molecule has 1 heterocycles. The van der Waals surface area contributed by atoms with Crippen LogP contribution in [0.15, 0.2) is 84.0 Å². The molecule has 0 aliphatic carbocycles. The highest BCUT2D eigenvalue weighted by Gasteiger charge is 2.13. The molecule has 4 aromatic rings. The van der Waals surface area contributed by atoms with Gasteiger partial charge < -0.3 is 0 Å². The molecule has 0 saturated heterocycles. The Balaban J connectivity index is 1.69. The summed E-state index contributed by atoms with van der Waals surface area (Å²) in [5.74, 6) is -0.711. The van der Waals surface area contributed by atoms with Gasteiger partial charge in [0.15, 0.2) is 0 Å². The lowest BCUT2D eigenvalue weighted by molar-refractivity contribution is 0.0956. The first-order valence-corrected chi connectivity index (χ1v) is 9.23. The van der Waals surface area contributed by atoms with Crippen molar-refractivity contribution in [2.75, 3.05) is 0 Å². The van der Waals surface area contributed by atoms with Crippen LogP contribution in [0.25, 0.3) is 22.2 Å². The van der Waals surface area contributed by atoms with Gasteiger partial charge in [-0.15, -0.1) is 0 Å². The van der Waals surface area contributed by atoms with E-state index in [-0.39, 0.29) is 11.7 Å². The molecule has 142 valence electrons. The summed E-state index contributed by atoms with van der Waals surface area (Å²) in [5, 5.41) is 5.26. The van der Waals surface area contributed by atoms with Crippen molar-refractivity contribution in [2.45, 2.75) is 0 Å². The number of nitrogens with zero attached hydrogens (tertiary/aromatic N) is 2. The molecule has 0 saturated carbocycles. The maximum absolute atomic E-state index is 13.3. The number of rotatable bonds is 4. The van der Waals surface area contributed by atoms with Crippen molar-refractivity contribution in [3.8, 4) is 11.3 Å². The number of aromatic nitrogens is 1. The van der Waals surface area contributed by atoms with E-state index in [0.29, 0.717) is 38.3 Å². The van der Waals surface area contributed by atoms with Gasteiger partial charge in [0.1, 0.15) is 5.82 Å². The number of para-hydroxylation sites is 1. The second-order valence-electron chi connectivity index (χ2n) is 6.30. The molecule has 4 nitrogen and oxygen atoms in total. The lowest BCUT2D eigenvalue weighted by Crippen LogP contribution is -2.18. The van der Waals surface area contributed by atoms with Crippen molar-refractivity contribution in [2.24, 2.45) is 5.10 Å². The Bertz CT molecular complexity index is 1220. The highest BCUT2D eigenvalue weighted by molar-refractivity contribution is 6.33. The van der Waals surface area contributed by atoms with Crippen LogP contribution in [0.1, 0.15) is 15.9 Å². The molecular weight excluding hydrogens is 389 g/mol. The summed E-state index contributed by atoms with van der Waals surface area (Å²) in [4.78, 5) is 17.4. The van der Waals surface area contributed by atoms with Crippen molar-refractivity contribution >= 4 is 34.6 Å². The Hall–Kier alpha value is -3.57. The predicted octanol–water partition coefficient (Wildman–Crippen LogP) is 5.46. The summed E-state index contributed by atoms with van der Waals surface area (Å²) in [6, 6.07) is 22.2. The van der Waals surface area contributed by atoms with Crippen LogP contribution in [0.2, 0.25) is 5.02 Å². The zero-order valence-corrected chi connectivity index (χ0v) is 15.9. The van der Waals surface area contributed by atoms with Crippen LogP contribution in [0.3, 0.4) is 0 Å². The minimum Gasteiger partial charge on any atom is -0.267 e. The molecule has 0 fully saturated rings. The maximum Gasteiger partial charge on any atom is 0.272 e. The zero-order valence-electron chi connectivity index (χ0n) is 15.1. The third-order valence-electron chi connectivity index (χ3n) is 4.38. The summed E-state index contributed by atoms with van der Waals surface area (Å²) in [5.41, 5.74) is 5.60. The molecule has 1 aromatic heterocycles. The van der Waals surface area contributed by atoms with Crippen LogP contribution < -0.4 is 5.43 Å². The Morgan fingerprint density at radius 1 is 1.00 bits per heavy atom. The first-order valence-electron chi connectivity index (χ1n) is 8.85. The number of benzene rings is 3. The Labute approximate surface area is 171 Å². The first kappa shape index (κ1) is 18.8. The van der Waals surface area contributed by atoms with Crippen LogP contribution in [0.5, 0.6) is 0 Å². The van der Waals surface area contributed by atoms with Crippen molar-refractivity contribution in [1.29, 1.82) is 0 Å². The number of amides is 1. The molecule has 0 spiro atoms. The molecule has 3 aromatic carbocycles. The van der Waals surface area contributed by atoms with Gasteiger partial charge in [0.05, 0.1) is 23.0 Å². The average molecular weight is 404 g/mol. The van der Waals surface area contributed by atoms with Gasteiger partial charge in [-0.3, -0.25) is 4.79 Å². The third-order valence-corrected chi connectivity index (χ3v) is 4.72. The molecular formula is C23H15ClFN3O. The number of carbonyl (C=O) groups is 1. The van der Waals surface area contributed by atoms with Gasteiger partial charge >= 0.3 is 0 Å². The van der Waals surface area contributed by atoms with Gasteiger partial charge in [-0.25, -0.2) is 14.8 Å². The fraction of sp³-hybridized carbons (Fsp3) is 0. The predicted molar refractivity (Wildman–Crippen MR) is 114 cm³/mol. The van der Waals surface area contributed by atoms with Crippen molar-refractivity contribution < 1.29 is 9.18 Å². The third kappa shape index (κ3) is 4.15. The first-order chi connectivity index (χ1) is 14.1. The summed E-state index contributed by atoms with van der Waals surface area (Å²) >= 11 is 6.10. The summed E-state index contributed by atoms with van der Waals surface area (Å²) in [7, 11) is 0. The van der Waals surface area contributed by atoms with Crippen molar-refractivity contribution in [1.82, 2.24) is 10.4 Å². The summed E-state index contributed by atoms with van der Waals surface area (Å²) < 4.78 is 13.3. The molecule has 0 bridgehead atoms. The van der Waals surface area contributed by atoms with Gasteiger partial charge in [0, 0.05) is 21.5 Å². The van der Waals surface area contributed by atoms with E-state index in [0.717, 1.165) is 0 Å². The van der Waals surface area contributed by atoms with E-state index in [2.05, 4.69) is 15.5 Å². The minimum atomic E-state index is -0.379. The van der Waals surface area contributed by atoms with Gasteiger partial charge in [-0.1, -0.05) is 48.0 Å².